The fraction of sp³-hybridized carbons (Fsp3) is 0.357. The lowest BCUT2D eigenvalue weighted by Crippen LogP contribution is -2.34. The van der Waals surface area contributed by atoms with E-state index in [-0.39, 0.29) is 12.1 Å². The first-order valence-electron chi connectivity index (χ1n) is 5.90. The summed E-state index contributed by atoms with van der Waals surface area (Å²) in [7, 11) is 0. The minimum absolute atomic E-state index is 0.0911. The van der Waals surface area contributed by atoms with E-state index in [4.69, 9.17) is 5.73 Å². The van der Waals surface area contributed by atoms with Crippen LogP contribution in [0.5, 0.6) is 0 Å². The van der Waals surface area contributed by atoms with E-state index in [2.05, 4.69) is 22.5 Å². The van der Waals surface area contributed by atoms with Gasteiger partial charge in [0.05, 0.1) is 12.2 Å². The van der Waals surface area contributed by atoms with Crippen LogP contribution in [0.4, 0.5) is 10.5 Å². The van der Waals surface area contributed by atoms with Gasteiger partial charge in [0.1, 0.15) is 0 Å². The molecule has 0 unspecified atom stereocenters. The predicted octanol–water partition coefficient (Wildman–Crippen LogP) is 1.84. The van der Waals surface area contributed by atoms with Crippen LogP contribution in [-0.4, -0.2) is 18.6 Å². The van der Waals surface area contributed by atoms with Crippen LogP contribution in [0.15, 0.2) is 18.2 Å². The van der Waals surface area contributed by atoms with E-state index < -0.39 is 0 Å². The summed E-state index contributed by atoms with van der Waals surface area (Å²) in [4.78, 5) is 11.7. The van der Waals surface area contributed by atoms with E-state index in [1.54, 1.807) is 0 Å². The molecular weight excluding hydrogens is 226 g/mol. The number of carbonyl (C=O) groups is 1. The van der Waals surface area contributed by atoms with Crippen LogP contribution < -0.4 is 16.4 Å². The fourth-order valence-electron chi connectivity index (χ4n) is 1.44. The zero-order valence-electron chi connectivity index (χ0n) is 11.0. The zero-order chi connectivity index (χ0) is 13.5. The van der Waals surface area contributed by atoms with Crippen molar-refractivity contribution in [3.63, 3.8) is 0 Å². The monoisotopic (exact) mass is 245 g/mol. The van der Waals surface area contributed by atoms with Gasteiger partial charge in [-0.15, -0.1) is 0 Å². The van der Waals surface area contributed by atoms with Crippen LogP contribution in [0, 0.1) is 18.8 Å². The molecule has 96 valence electrons. The Morgan fingerprint density at radius 3 is 2.78 bits per heavy atom. The minimum Gasteiger partial charge on any atom is -0.336 e. The summed E-state index contributed by atoms with van der Waals surface area (Å²) < 4.78 is 0. The molecule has 0 radical (unpaired) electrons. The number of anilines is 1. The van der Waals surface area contributed by atoms with Crippen molar-refractivity contribution in [1.29, 1.82) is 0 Å². The van der Waals surface area contributed by atoms with Crippen LogP contribution in [0.25, 0.3) is 0 Å². The molecule has 0 aliphatic heterocycles. The van der Waals surface area contributed by atoms with E-state index in [0.717, 1.165) is 11.1 Å². The van der Waals surface area contributed by atoms with Crippen LogP contribution in [-0.2, 0) is 0 Å². The Kier molecular flexibility index (Phi) is 5.22. The van der Waals surface area contributed by atoms with Crippen molar-refractivity contribution in [1.82, 2.24) is 5.32 Å². The number of nitrogens with one attached hydrogen (secondary N) is 2. The second-order valence-corrected chi connectivity index (χ2v) is 4.31. The maximum atomic E-state index is 11.7. The molecule has 1 aromatic rings. The number of amides is 2. The molecule has 0 spiro atoms. The van der Waals surface area contributed by atoms with Crippen molar-refractivity contribution in [3.05, 3.63) is 29.3 Å². The molecule has 0 saturated heterocycles. The van der Waals surface area contributed by atoms with Gasteiger partial charge in [0.2, 0.25) is 0 Å². The van der Waals surface area contributed by atoms with Gasteiger partial charge in [-0.1, -0.05) is 17.9 Å². The lowest BCUT2D eigenvalue weighted by atomic mass is 10.1. The number of carbonyl (C=O) groups excluding carboxylic acids is 1. The lowest BCUT2D eigenvalue weighted by molar-refractivity contribution is 0.250. The van der Waals surface area contributed by atoms with Crippen LogP contribution in [0.2, 0.25) is 0 Å². The maximum Gasteiger partial charge on any atom is 0.319 e. The standard InChI is InChI=1S/C14H19N3O/c1-10(2)16-14(18)17-13-9-11(3)6-7-12(13)5-4-8-15/h6-7,9-10H,8,15H2,1-3H3,(H2,16,17,18). The number of rotatable bonds is 2. The molecule has 0 aromatic heterocycles. The van der Waals surface area contributed by atoms with Gasteiger partial charge in [-0.05, 0) is 38.5 Å². The van der Waals surface area contributed by atoms with Gasteiger partial charge in [0, 0.05) is 11.6 Å². The van der Waals surface area contributed by atoms with Gasteiger partial charge in [-0.25, -0.2) is 4.79 Å². The van der Waals surface area contributed by atoms with E-state index in [1.807, 2.05) is 39.0 Å². The molecule has 0 aliphatic carbocycles. The summed E-state index contributed by atoms with van der Waals surface area (Å²) in [5.74, 6) is 5.73. The van der Waals surface area contributed by atoms with Gasteiger partial charge in [-0.3, -0.25) is 0 Å². The van der Waals surface area contributed by atoms with Gasteiger partial charge in [0.15, 0.2) is 0 Å². The van der Waals surface area contributed by atoms with E-state index in [1.165, 1.54) is 0 Å². The third-order valence-corrected chi connectivity index (χ3v) is 2.17. The Morgan fingerprint density at radius 2 is 2.17 bits per heavy atom. The van der Waals surface area contributed by atoms with Crippen molar-refractivity contribution in [2.45, 2.75) is 26.8 Å². The quantitative estimate of drug-likeness (QED) is 0.696. The molecule has 0 bridgehead atoms. The number of benzene rings is 1. The molecule has 4 heteroatoms. The van der Waals surface area contributed by atoms with Crippen LogP contribution in [0.3, 0.4) is 0 Å². The molecule has 0 heterocycles. The average Bonchev–Trinajstić information content (AvgIpc) is 2.26. The number of hydrogen-bond donors (Lipinski definition) is 3. The van der Waals surface area contributed by atoms with Gasteiger partial charge < -0.3 is 16.4 Å². The topological polar surface area (TPSA) is 67.1 Å². The third-order valence-electron chi connectivity index (χ3n) is 2.17. The highest BCUT2D eigenvalue weighted by molar-refractivity contribution is 5.91. The largest absolute Gasteiger partial charge is 0.336 e. The maximum absolute atomic E-state index is 11.7. The zero-order valence-corrected chi connectivity index (χ0v) is 11.0. The molecule has 2 amide bonds. The number of aryl methyl sites for hydroxylation is 1. The fourth-order valence-corrected chi connectivity index (χ4v) is 1.44. The first kappa shape index (κ1) is 14.1. The smallest absolute Gasteiger partial charge is 0.319 e. The number of hydrogen-bond acceptors (Lipinski definition) is 2. The highest BCUT2D eigenvalue weighted by atomic mass is 16.2. The molecule has 4 N–H and O–H groups in total. The Balaban J connectivity index is 2.92. The van der Waals surface area contributed by atoms with Crippen molar-refractivity contribution < 1.29 is 4.79 Å². The van der Waals surface area contributed by atoms with Gasteiger partial charge in [0.25, 0.3) is 0 Å². The normalized spacial score (nSPS) is 9.61. The molecule has 18 heavy (non-hydrogen) atoms. The summed E-state index contributed by atoms with van der Waals surface area (Å²) in [6.45, 7) is 6.08. The van der Waals surface area contributed by atoms with Crippen LogP contribution >= 0.6 is 0 Å². The molecule has 1 aromatic carbocycles. The van der Waals surface area contributed by atoms with Crippen molar-refractivity contribution in [3.8, 4) is 11.8 Å². The Morgan fingerprint density at radius 1 is 1.44 bits per heavy atom. The Labute approximate surface area is 108 Å². The van der Waals surface area contributed by atoms with Gasteiger partial charge >= 0.3 is 6.03 Å². The van der Waals surface area contributed by atoms with Crippen molar-refractivity contribution in [2.24, 2.45) is 5.73 Å². The molecule has 0 atom stereocenters. The van der Waals surface area contributed by atoms with E-state index in [0.29, 0.717) is 12.2 Å². The molecule has 4 nitrogen and oxygen atoms in total. The van der Waals surface area contributed by atoms with Gasteiger partial charge in [-0.2, -0.15) is 0 Å². The Hall–Kier alpha value is -1.99. The first-order valence-corrected chi connectivity index (χ1v) is 5.90. The highest BCUT2D eigenvalue weighted by Gasteiger charge is 2.06. The SMILES string of the molecule is Cc1ccc(C#CCN)c(NC(=O)NC(C)C)c1. The van der Waals surface area contributed by atoms with Crippen LogP contribution in [0.1, 0.15) is 25.0 Å². The molecular formula is C14H19N3O. The molecule has 0 saturated carbocycles. The lowest BCUT2D eigenvalue weighted by Gasteiger charge is -2.12. The Bertz CT molecular complexity index is 484. The number of nitrogens with two attached hydrogens (primary N) is 1. The second-order valence-electron chi connectivity index (χ2n) is 4.31. The average molecular weight is 245 g/mol. The summed E-state index contributed by atoms with van der Waals surface area (Å²) in [5.41, 5.74) is 7.88. The predicted molar refractivity (Wildman–Crippen MR) is 74.4 cm³/mol. The second kappa shape index (κ2) is 6.67. The number of urea groups is 1. The van der Waals surface area contributed by atoms with E-state index in [9.17, 15) is 4.79 Å². The van der Waals surface area contributed by atoms with Crippen molar-refractivity contribution >= 4 is 11.7 Å². The highest BCUT2D eigenvalue weighted by Crippen LogP contribution is 2.16. The minimum atomic E-state index is -0.230. The summed E-state index contributed by atoms with van der Waals surface area (Å²) >= 11 is 0. The van der Waals surface area contributed by atoms with E-state index >= 15 is 0 Å². The summed E-state index contributed by atoms with van der Waals surface area (Å²) in [5, 5.41) is 5.57. The summed E-state index contributed by atoms with van der Waals surface area (Å²) in [6.07, 6.45) is 0. The molecule has 0 fully saturated rings. The third kappa shape index (κ3) is 4.48. The molecule has 0 aliphatic rings. The first-order chi connectivity index (χ1) is 8.52. The summed E-state index contributed by atoms with van der Waals surface area (Å²) in [6, 6.07) is 5.58. The molecule has 1 rings (SSSR count). The van der Waals surface area contributed by atoms with Crippen molar-refractivity contribution in [2.75, 3.05) is 11.9 Å².